The maximum absolute atomic E-state index is 12.2. The summed E-state index contributed by atoms with van der Waals surface area (Å²) in [5.41, 5.74) is 1.44. The van der Waals surface area contributed by atoms with Crippen LogP contribution in [-0.2, 0) is 16.0 Å². The Morgan fingerprint density at radius 2 is 1.93 bits per heavy atom. The number of hydrogen-bond acceptors (Lipinski definition) is 6. The van der Waals surface area contributed by atoms with Crippen LogP contribution in [0.2, 0.25) is 0 Å². The van der Waals surface area contributed by atoms with E-state index in [1.165, 1.54) is 25.4 Å². The van der Waals surface area contributed by atoms with Crippen molar-refractivity contribution in [3.05, 3.63) is 45.4 Å². The largest absolute Gasteiger partial charge is 0.573 e. The van der Waals surface area contributed by atoms with Gasteiger partial charge < -0.3 is 14.8 Å². The molecular formula is C17H17F3IN3O3. The van der Waals surface area contributed by atoms with Crippen molar-refractivity contribution in [2.75, 3.05) is 11.9 Å². The topological polar surface area (TPSA) is 73.3 Å². The number of anilines is 1. The number of rotatable bonds is 7. The molecule has 1 unspecified atom stereocenters. The molecule has 2 aromatic rings. The average Bonchev–Trinajstić information content (AvgIpc) is 2.56. The molecule has 146 valence electrons. The zero-order chi connectivity index (χ0) is 20.0. The Hall–Kier alpha value is -2.11. The normalized spacial score (nSPS) is 12.4. The number of carbonyl (C=O) groups excluding carboxylic acids is 1. The monoisotopic (exact) mass is 495 g/mol. The molecule has 0 amide bonds. The summed E-state index contributed by atoms with van der Waals surface area (Å²) in [5, 5.41) is 3.15. The number of esters is 1. The molecule has 2 rings (SSSR count). The van der Waals surface area contributed by atoms with Crippen molar-refractivity contribution in [1.82, 2.24) is 9.97 Å². The summed E-state index contributed by atoms with van der Waals surface area (Å²) in [6, 6.07) is 5.69. The second-order valence-corrected chi connectivity index (χ2v) is 6.62. The number of alkyl halides is 3. The van der Waals surface area contributed by atoms with Gasteiger partial charge in [0.25, 0.3) is 0 Å². The minimum absolute atomic E-state index is 0.256. The minimum atomic E-state index is -4.70. The fourth-order valence-corrected chi connectivity index (χ4v) is 3.19. The highest BCUT2D eigenvalue weighted by Crippen LogP contribution is 2.25. The van der Waals surface area contributed by atoms with E-state index in [4.69, 9.17) is 4.74 Å². The van der Waals surface area contributed by atoms with Crippen LogP contribution in [0.3, 0.4) is 0 Å². The van der Waals surface area contributed by atoms with Crippen LogP contribution in [0.1, 0.15) is 31.2 Å². The molecule has 0 bridgehead atoms. The molecule has 1 aromatic heterocycles. The maximum atomic E-state index is 12.2. The third-order valence-electron chi connectivity index (χ3n) is 3.41. The number of benzene rings is 1. The van der Waals surface area contributed by atoms with E-state index in [0.717, 1.165) is 9.13 Å². The van der Waals surface area contributed by atoms with Gasteiger partial charge in [-0.15, -0.1) is 13.2 Å². The molecule has 1 atom stereocenters. The first-order chi connectivity index (χ1) is 12.7. The lowest BCUT2D eigenvalue weighted by molar-refractivity contribution is -0.274. The van der Waals surface area contributed by atoms with Crippen molar-refractivity contribution in [3.8, 4) is 5.75 Å². The Labute approximate surface area is 167 Å². The molecule has 0 radical (unpaired) electrons. The molecule has 0 aliphatic carbocycles. The van der Waals surface area contributed by atoms with Crippen molar-refractivity contribution >= 4 is 34.4 Å². The summed E-state index contributed by atoms with van der Waals surface area (Å²) in [6.07, 6.45) is -3.25. The Morgan fingerprint density at radius 3 is 2.52 bits per heavy atom. The molecule has 0 saturated carbocycles. The molecule has 0 saturated heterocycles. The van der Waals surface area contributed by atoms with Gasteiger partial charge in [0.15, 0.2) is 0 Å². The molecule has 0 fully saturated rings. The molecule has 10 heteroatoms. The minimum Gasteiger partial charge on any atom is -0.456 e. The summed E-state index contributed by atoms with van der Waals surface area (Å²) in [5.74, 6) is -0.0605. The van der Waals surface area contributed by atoms with Gasteiger partial charge in [-0.25, -0.2) is 9.97 Å². The number of carbonyl (C=O) groups is 1. The van der Waals surface area contributed by atoms with Gasteiger partial charge in [-0.1, -0.05) is 12.1 Å². The quantitative estimate of drug-likeness (QED) is 0.458. The lowest BCUT2D eigenvalue weighted by atomic mass is 10.1. The Morgan fingerprint density at radius 1 is 1.26 bits per heavy atom. The number of nitrogens with zero attached hydrogens (tertiary/aromatic N) is 2. The first kappa shape index (κ1) is 21.2. The van der Waals surface area contributed by atoms with Crippen molar-refractivity contribution in [3.63, 3.8) is 0 Å². The van der Waals surface area contributed by atoms with Gasteiger partial charge in [0.1, 0.15) is 24.0 Å². The van der Waals surface area contributed by atoms with E-state index in [-0.39, 0.29) is 5.75 Å². The Bertz CT molecular complexity index is 785. The van der Waals surface area contributed by atoms with Crippen LogP contribution in [0.5, 0.6) is 5.75 Å². The molecule has 0 aliphatic rings. The summed E-state index contributed by atoms with van der Waals surface area (Å²) in [7, 11) is 0. The molecule has 0 spiro atoms. The third-order valence-corrected chi connectivity index (χ3v) is 4.47. The lowest BCUT2D eigenvalue weighted by Gasteiger charge is -2.15. The van der Waals surface area contributed by atoms with Crippen LogP contribution in [0, 0.1) is 3.57 Å². The second kappa shape index (κ2) is 9.20. The smallest absolute Gasteiger partial charge is 0.456 e. The van der Waals surface area contributed by atoms with Crippen molar-refractivity contribution in [2.24, 2.45) is 0 Å². The fourth-order valence-electron chi connectivity index (χ4n) is 2.28. The van der Waals surface area contributed by atoms with Gasteiger partial charge >= 0.3 is 12.3 Å². The van der Waals surface area contributed by atoms with Crippen molar-refractivity contribution in [1.29, 1.82) is 0 Å². The predicted molar refractivity (Wildman–Crippen MR) is 100 cm³/mol. The maximum Gasteiger partial charge on any atom is 0.573 e. The van der Waals surface area contributed by atoms with E-state index >= 15 is 0 Å². The molecule has 1 N–H and O–H groups in total. The Balaban J connectivity index is 1.94. The van der Waals surface area contributed by atoms with Gasteiger partial charge in [0.2, 0.25) is 0 Å². The van der Waals surface area contributed by atoms with Crippen LogP contribution in [0.25, 0.3) is 0 Å². The SMILES string of the molecule is CC(=O)OC(C)c1ncnc(NCCc2ccc(OC(F)(F)F)cc2)c1I. The van der Waals surface area contributed by atoms with Crippen LogP contribution in [0.15, 0.2) is 30.6 Å². The lowest BCUT2D eigenvalue weighted by Crippen LogP contribution is -2.17. The molecule has 1 heterocycles. The van der Waals surface area contributed by atoms with E-state index in [0.29, 0.717) is 24.5 Å². The van der Waals surface area contributed by atoms with Crippen LogP contribution in [0.4, 0.5) is 19.0 Å². The number of ether oxygens (including phenoxy) is 2. The van der Waals surface area contributed by atoms with E-state index in [1.54, 1.807) is 19.1 Å². The number of halogens is 4. The van der Waals surface area contributed by atoms with Crippen LogP contribution < -0.4 is 10.1 Å². The van der Waals surface area contributed by atoms with Gasteiger partial charge in [-0.05, 0) is 53.6 Å². The first-order valence-corrected chi connectivity index (χ1v) is 8.99. The fraction of sp³-hybridized carbons (Fsp3) is 0.353. The summed E-state index contributed by atoms with van der Waals surface area (Å²) in [4.78, 5) is 19.4. The number of nitrogens with one attached hydrogen (secondary N) is 1. The first-order valence-electron chi connectivity index (χ1n) is 7.92. The van der Waals surface area contributed by atoms with Gasteiger partial charge in [0, 0.05) is 13.5 Å². The van der Waals surface area contributed by atoms with E-state index < -0.39 is 18.4 Å². The molecular weight excluding hydrogens is 478 g/mol. The van der Waals surface area contributed by atoms with Gasteiger partial charge in [0.05, 0.1) is 9.26 Å². The Kier molecular flexibility index (Phi) is 7.22. The van der Waals surface area contributed by atoms with Crippen LogP contribution in [-0.4, -0.2) is 28.8 Å². The number of aromatic nitrogens is 2. The van der Waals surface area contributed by atoms with Crippen molar-refractivity contribution in [2.45, 2.75) is 32.7 Å². The molecule has 1 aromatic carbocycles. The summed E-state index contributed by atoms with van der Waals surface area (Å²) >= 11 is 2.07. The average molecular weight is 495 g/mol. The van der Waals surface area contributed by atoms with E-state index in [2.05, 4.69) is 42.6 Å². The van der Waals surface area contributed by atoms with E-state index in [9.17, 15) is 18.0 Å². The van der Waals surface area contributed by atoms with Gasteiger partial charge in [-0.2, -0.15) is 0 Å². The van der Waals surface area contributed by atoms with E-state index in [1.807, 2.05) is 0 Å². The highest BCUT2D eigenvalue weighted by molar-refractivity contribution is 14.1. The number of hydrogen-bond donors (Lipinski definition) is 1. The molecule has 27 heavy (non-hydrogen) atoms. The third kappa shape index (κ3) is 6.85. The summed E-state index contributed by atoms with van der Waals surface area (Å²) < 4.78 is 46.2. The molecule has 6 nitrogen and oxygen atoms in total. The second-order valence-electron chi connectivity index (χ2n) is 5.54. The van der Waals surface area contributed by atoms with Crippen molar-refractivity contribution < 1.29 is 27.4 Å². The standard InChI is InChI=1S/C17H17F3IN3O3/c1-10(26-11(2)25)15-14(21)16(24-9-23-15)22-8-7-12-3-5-13(6-4-12)27-17(18,19)20/h3-6,9-10H,7-8H2,1-2H3,(H,22,23,24). The van der Waals surface area contributed by atoms with Gasteiger partial charge in [-0.3, -0.25) is 4.79 Å². The zero-order valence-electron chi connectivity index (χ0n) is 14.5. The van der Waals surface area contributed by atoms with Crippen LogP contribution >= 0.6 is 22.6 Å². The zero-order valence-corrected chi connectivity index (χ0v) is 16.7. The highest BCUT2D eigenvalue weighted by Gasteiger charge is 2.30. The highest BCUT2D eigenvalue weighted by atomic mass is 127. The predicted octanol–water partition coefficient (Wildman–Crippen LogP) is 4.26. The summed E-state index contributed by atoms with van der Waals surface area (Å²) in [6.45, 7) is 3.56. The molecule has 0 aliphatic heterocycles.